The maximum absolute atomic E-state index is 9.01. The van der Waals surface area contributed by atoms with E-state index in [9.17, 15) is 0 Å². The van der Waals surface area contributed by atoms with E-state index in [1.54, 1.807) is 12.3 Å². The number of nitrogens with zero attached hydrogens (tertiary/aromatic N) is 2. The lowest BCUT2D eigenvalue weighted by molar-refractivity contribution is 0.380. The summed E-state index contributed by atoms with van der Waals surface area (Å²) in [4.78, 5) is 4.18. The molecule has 0 amide bonds. The lowest BCUT2D eigenvalue weighted by Gasteiger charge is -2.20. The van der Waals surface area contributed by atoms with Gasteiger partial charge in [-0.2, -0.15) is 5.26 Å². The monoisotopic (exact) mass is 230 g/mol. The molecule has 1 aliphatic carbocycles. The van der Waals surface area contributed by atoms with Gasteiger partial charge in [-0.05, 0) is 30.2 Å². The highest BCUT2D eigenvalue weighted by atomic mass is 15.0. The van der Waals surface area contributed by atoms with Gasteiger partial charge in [-0.15, -0.1) is 0 Å². The highest BCUT2D eigenvalue weighted by Gasteiger charge is 2.45. The van der Waals surface area contributed by atoms with Crippen LogP contribution in [0, 0.1) is 22.7 Å². The van der Waals surface area contributed by atoms with Crippen LogP contribution in [0.4, 0.5) is 11.5 Å². The van der Waals surface area contributed by atoms with Crippen molar-refractivity contribution in [2.75, 3.05) is 17.6 Å². The molecule has 0 bridgehead atoms. The van der Waals surface area contributed by atoms with E-state index in [4.69, 9.17) is 11.0 Å². The number of anilines is 2. The third-order valence-electron chi connectivity index (χ3n) is 3.75. The molecule has 3 N–H and O–H groups in total. The number of rotatable bonds is 4. The third kappa shape index (κ3) is 2.33. The lowest BCUT2D eigenvalue weighted by Crippen LogP contribution is -2.21. The summed E-state index contributed by atoms with van der Waals surface area (Å²) in [6.07, 6.45) is 4.10. The van der Waals surface area contributed by atoms with Crippen molar-refractivity contribution >= 4 is 11.5 Å². The molecular weight excluding hydrogens is 212 g/mol. The van der Waals surface area contributed by atoms with Gasteiger partial charge in [0.2, 0.25) is 0 Å². The van der Waals surface area contributed by atoms with Crippen molar-refractivity contribution in [3.63, 3.8) is 0 Å². The van der Waals surface area contributed by atoms with Crippen molar-refractivity contribution in [2.24, 2.45) is 11.3 Å². The molecule has 1 heterocycles. The molecule has 1 fully saturated rings. The molecule has 4 heteroatoms. The Morgan fingerprint density at radius 2 is 2.29 bits per heavy atom. The smallest absolute Gasteiger partial charge is 0.144 e. The first-order valence-corrected chi connectivity index (χ1v) is 5.97. The van der Waals surface area contributed by atoms with Gasteiger partial charge in [-0.25, -0.2) is 4.98 Å². The molecule has 1 aromatic rings. The summed E-state index contributed by atoms with van der Waals surface area (Å²) in [7, 11) is 0. The first-order valence-electron chi connectivity index (χ1n) is 5.97. The van der Waals surface area contributed by atoms with Crippen molar-refractivity contribution in [2.45, 2.75) is 26.7 Å². The van der Waals surface area contributed by atoms with Crippen LogP contribution in [0.3, 0.4) is 0 Å². The normalized spacial score (nSPS) is 16.6. The van der Waals surface area contributed by atoms with Gasteiger partial charge in [0.25, 0.3) is 0 Å². The average Bonchev–Trinajstić information content (AvgIpc) is 3.08. The van der Waals surface area contributed by atoms with Crippen LogP contribution in [0.5, 0.6) is 0 Å². The van der Waals surface area contributed by atoms with E-state index < -0.39 is 0 Å². The minimum atomic E-state index is 0.399. The fraction of sp³-hybridized carbons (Fsp3) is 0.538. The van der Waals surface area contributed by atoms with Gasteiger partial charge < -0.3 is 11.1 Å². The fourth-order valence-corrected chi connectivity index (χ4v) is 2.09. The zero-order valence-corrected chi connectivity index (χ0v) is 10.3. The second kappa shape index (κ2) is 4.25. The standard InChI is InChI=1S/C13H18N4/c1-9(2)13(3-4-13)8-17-12-10(6-14)5-11(15)7-16-12/h5,7,9H,3-4,8,15H2,1-2H3,(H,16,17). The summed E-state index contributed by atoms with van der Waals surface area (Å²) in [6.45, 7) is 5.38. The Bertz CT molecular complexity index is 455. The summed E-state index contributed by atoms with van der Waals surface area (Å²) in [6, 6.07) is 3.77. The quantitative estimate of drug-likeness (QED) is 0.832. The molecule has 17 heavy (non-hydrogen) atoms. The minimum Gasteiger partial charge on any atom is -0.397 e. The Morgan fingerprint density at radius 1 is 1.59 bits per heavy atom. The number of nitrogen functional groups attached to an aromatic ring is 1. The molecule has 0 unspecified atom stereocenters. The highest BCUT2D eigenvalue weighted by Crippen LogP contribution is 2.51. The molecule has 1 aromatic heterocycles. The molecule has 0 spiro atoms. The van der Waals surface area contributed by atoms with E-state index in [2.05, 4.69) is 30.2 Å². The molecule has 90 valence electrons. The number of nitrogens with one attached hydrogen (secondary N) is 1. The molecule has 0 aliphatic heterocycles. The zero-order chi connectivity index (χ0) is 12.5. The number of aromatic nitrogens is 1. The summed E-state index contributed by atoms with van der Waals surface area (Å²) < 4.78 is 0. The maximum atomic E-state index is 9.01. The van der Waals surface area contributed by atoms with Gasteiger partial charge in [0.15, 0.2) is 0 Å². The molecule has 1 saturated carbocycles. The van der Waals surface area contributed by atoms with E-state index in [-0.39, 0.29) is 0 Å². The maximum Gasteiger partial charge on any atom is 0.144 e. The molecule has 2 rings (SSSR count). The van der Waals surface area contributed by atoms with Crippen LogP contribution >= 0.6 is 0 Å². The third-order valence-corrected chi connectivity index (χ3v) is 3.75. The minimum absolute atomic E-state index is 0.399. The van der Waals surface area contributed by atoms with Crippen LogP contribution in [-0.2, 0) is 0 Å². The van der Waals surface area contributed by atoms with Crippen molar-refractivity contribution in [1.82, 2.24) is 4.98 Å². The summed E-state index contributed by atoms with van der Waals surface area (Å²) in [5, 5.41) is 12.3. The van der Waals surface area contributed by atoms with Gasteiger partial charge in [-0.3, -0.25) is 0 Å². The van der Waals surface area contributed by atoms with E-state index >= 15 is 0 Å². The molecule has 0 saturated heterocycles. The molecule has 0 radical (unpaired) electrons. The van der Waals surface area contributed by atoms with Crippen molar-refractivity contribution in [1.29, 1.82) is 5.26 Å². The van der Waals surface area contributed by atoms with Crippen LogP contribution in [0.25, 0.3) is 0 Å². The number of nitriles is 1. The predicted molar refractivity (Wildman–Crippen MR) is 68.4 cm³/mol. The van der Waals surface area contributed by atoms with Gasteiger partial charge in [0.1, 0.15) is 11.9 Å². The zero-order valence-electron chi connectivity index (χ0n) is 10.3. The SMILES string of the molecule is CC(C)C1(CNc2ncc(N)cc2C#N)CC1. The predicted octanol–water partition coefficient (Wildman–Crippen LogP) is 2.38. The first-order chi connectivity index (χ1) is 8.07. The van der Waals surface area contributed by atoms with Gasteiger partial charge in [-0.1, -0.05) is 13.8 Å². The van der Waals surface area contributed by atoms with E-state index in [0.717, 1.165) is 6.54 Å². The average molecular weight is 230 g/mol. The Kier molecular flexibility index (Phi) is 2.93. The van der Waals surface area contributed by atoms with Gasteiger partial charge in [0.05, 0.1) is 17.4 Å². The van der Waals surface area contributed by atoms with Crippen LogP contribution < -0.4 is 11.1 Å². The second-order valence-electron chi connectivity index (χ2n) is 5.15. The summed E-state index contributed by atoms with van der Waals surface area (Å²) >= 11 is 0. The molecule has 1 aliphatic rings. The Labute approximate surface area is 102 Å². The summed E-state index contributed by atoms with van der Waals surface area (Å²) in [5.41, 5.74) is 7.05. The number of hydrogen-bond donors (Lipinski definition) is 2. The van der Waals surface area contributed by atoms with Crippen LogP contribution in [0.1, 0.15) is 32.3 Å². The first kappa shape index (κ1) is 11.7. The molecule has 4 nitrogen and oxygen atoms in total. The lowest BCUT2D eigenvalue weighted by atomic mass is 9.92. The van der Waals surface area contributed by atoms with E-state index in [1.165, 1.54) is 12.8 Å². The van der Waals surface area contributed by atoms with E-state index in [0.29, 0.717) is 28.4 Å². The van der Waals surface area contributed by atoms with Gasteiger partial charge >= 0.3 is 0 Å². The number of pyridine rings is 1. The highest BCUT2D eigenvalue weighted by molar-refractivity contribution is 5.57. The topological polar surface area (TPSA) is 74.7 Å². The van der Waals surface area contributed by atoms with Crippen molar-refractivity contribution in [3.8, 4) is 6.07 Å². The number of nitrogens with two attached hydrogens (primary N) is 1. The number of hydrogen-bond acceptors (Lipinski definition) is 4. The second-order valence-corrected chi connectivity index (χ2v) is 5.15. The Balaban J connectivity index is 2.07. The van der Waals surface area contributed by atoms with Crippen LogP contribution in [0.2, 0.25) is 0 Å². The Morgan fingerprint density at radius 3 is 2.82 bits per heavy atom. The van der Waals surface area contributed by atoms with Crippen LogP contribution in [-0.4, -0.2) is 11.5 Å². The van der Waals surface area contributed by atoms with Crippen molar-refractivity contribution in [3.05, 3.63) is 17.8 Å². The molecule has 0 atom stereocenters. The van der Waals surface area contributed by atoms with Crippen LogP contribution in [0.15, 0.2) is 12.3 Å². The summed E-state index contributed by atoms with van der Waals surface area (Å²) in [5.74, 6) is 1.31. The van der Waals surface area contributed by atoms with Crippen molar-refractivity contribution < 1.29 is 0 Å². The fourth-order valence-electron chi connectivity index (χ4n) is 2.09. The molecular formula is C13H18N4. The molecule has 0 aromatic carbocycles. The van der Waals surface area contributed by atoms with Gasteiger partial charge in [0, 0.05) is 6.54 Å². The largest absolute Gasteiger partial charge is 0.397 e. The Hall–Kier alpha value is -1.76. The van der Waals surface area contributed by atoms with E-state index in [1.807, 2.05) is 0 Å².